The Balaban J connectivity index is 1.53. The van der Waals surface area contributed by atoms with Crippen LogP contribution in [0, 0.1) is 12.8 Å². The number of thioether (sulfide) groups is 1. The summed E-state index contributed by atoms with van der Waals surface area (Å²) in [6.45, 7) is 6.78. The minimum atomic E-state index is -0.161. The summed E-state index contributed by atoms with van der Waals surface area (Å²) in [5.41, 5.74) is 3.47. The Morgan fingerprint density at radius 1 is 1.28 bits per heavy atom. The number of carbonyl (C=O) groups excluding carboxylic acids is 1. The van der Waals surface area contributed by atoms with Crippen LogP contribution in [0.4, 0.5) is 5.69 Å². The summed E-state index contributed by atoms with van der Waals surface area (Å²) < 4.78 is 8.65. The van der Waals surface area contributed by atoms with E-state index in [2.05, 4.69) is 35.1 Å². The highest BCUT2D eigenvalue weighted by atomic mass is 79.9. The fourth-order valence-electron chi connectivity index (χ4n) is 4.29. The largest absolute Gasteiger partial charge is 0.372 e. The van der Waals surface area contributed by atoms with Gasteiger partial charge in [-0.15, -0.1) is 11.3 Å². The number of aromatic nitrogens is 2. The molecule has 4 aromatic rings. The average Bonchev–Trinajstić information content (AvgIpc) is 3.22. The molecule has 5 rings (SSSR count). The molecule has 36 heavy (non-hydrogen) atoms. The quantitative estimate of drug-likeness (QED) is 0.211. The molecule has 1 aliphatic rings. The zero-order valence-corrected chi connectivity index (χ0v) is 23.4. The van der Waals surface area contributed by atoms with E-state index in [0.717, 1.165) is 26.2 Å². The third-order valence-corrected chi connectivity index (χ3v) is 8.74. The van der Waals surface area contributed by atoms with E-state index in [1.165, 1.54) is 23.1 Å². The maximum absolute atomic E-state index is 14.0. The van der Waals surface area contributed by atoms with Gasteiger partial charge in [-0.2, -0.15) is 0 Å². The van der Waals surface area contributed by atoms with Crippen LogP contribution in [0.25, 0.3) is 15.9 Å². The van der Waals surface area contributed by atoms with Gasteiger partial charge in [0.15, 0.2) is 5.16 Å². The van der Waals surface area contributed by atoms with E-state index in [0.29, 0.717) is 40.0 Å². The van der Waals surface area contributed by atoms with Crippen LogP contribution in [-0.2, 0) is 22.6 Å². The molecule has 1 N–H and O–H groups in total. The number of rotatable bonds is 6. The maximum Gasteiger partial charge on any atom is 0.267 e. The monoisotopic (exact) mass is 583 g/mol. The van der Waals surface area contributed by atoms with E-state index >= 15 is 0 Å². The molecule has 1 atom stereocenters. The van der Waals surface area contributed by atoms with Gasteiger partial charge in [-0.1, -0.05) is 53.7 Å². The molecule has 0 radical (unpaired) electrons. The highest BCUT2D eigenvalue weighted by Crippen LogP contribution is 2.36. The van der Waals surface area contributed by atoms with E-state index in [9.17, 15) is 9.59 Å². The summed E-state index contributed by atoms with van der Waals surface area (Å²) in [6.07, 6.45) is 0.790. The third-order valence-electron chi connectivity index (χ3n) is 6.18. The lowest BCUT2D eigenvalue weighted by Crippen LogP contribution is -2.28. The number of aryl methyl sites for hydroxylation is 1. The van der Waals surface area contributed by atoms with Crippen molar-refractivity contribution in [3.05, 3.63) is 79.4 Å². The highest BCUT2D eigenvalue weighted by molar-refractivity contribution is 9.10. The molecule has 186 valence electrons. The van der Waals surface area contributed by atoms with Crippen LogP contribution in [0.2, 0.25) is 0 Å². The summed E-state index contributed by atoms with van der Waals surface area (Å²) in [6, 6.07) is 15.2. The summed E-state index contributed by atoms with van der Waals surface area (Å²) in [7, 11) is 0. The highest BCUT2D eigenvalue weighted by Gasteiger charge is 2.29. The molecule has 0 fully saturated rings. The molecule has 0 saturated carbocycles. The second-order valence-corrected chi connectivity index (χ2v) is 12.1. The third kappa shape index (κ3) is 5.16. The van der Waals surface area contributed by atoms with Crippen LogP contribution >= 0.6 is 39.0 Å². The molecule has 0 aliphatic carbocycles. The molecular formula is C27H26BrN3O3S2. The Morgan fingerprint density at radius 3 is 2.78 bits per heavy atom. The lowest BCUT2D eigenvalue weighted by molar-refractivity contribution is -0.113. The number of nitrogens with zero attached hydrogens (tertiary/aromatic N) is 2. The molecular weight excluding hydrogens is 558 g/mol. The minimum Gasteiger partial charge on any atom is -0.372 e. The molecule has 1 aliphatic heterocycles. The predicted octanol–water partition coefficient (Wildman–Crippen LogP) is 6.35. The molecule has 6 nitrogen and oxygen atoms in total. The van der Waals surface area contributed by atoms with Gasteiger partial charge in [-0.25, -0.2) is 4.98 Å². The van der Waals surface area contributed by atoms with Crippen molar-refractivity contribution in [3.63, 3.8) is 0 Å². The first-order valence-electron chi connectivity index (χ1n) is 11.7. The Morgan fingerprint density at radius 2 is 2.06 bits per heavy atom. The number of hydrogen-bond acceptors (Lipinski definition) is 6. The minimum absolute atomic E-state index is 0.0819. The Hall–Kier alpha value is -2.46. The SMILES string of the molecule is Cc1cccc(-n2c(SCC(=O)Nc3ccc(Br)cc3)nc3sc4c(c3c2=O)CC(C(C)C)OC4)c1. The van der Waals surface area contributed by atoms with E-state index in [1.54, 1.807) is 4.57 Å². The molecule has 1 amide bonds. The fourth-order valence-corrected chi connectivity index (χ4v) is 6.53. The summed E-state index contributed by atoms with van der Waals surface area (Å²) in [5, 5.41) is 4.08. The lowest BCUT2D eigenvalue weighted by Gasteiger charge is -2.26. The van der Waals surface area contributed by atoms with Crippen molar-refractivity contribution in [1.29, 1.82) is 0 Å². The standard InChI is InChI=1S/C27H26BrN3O3S2/c1-15(2)21-12-20-22(13-34-21)36-25-24(20)26(33)31(19-6-4-5-16(3)11-19)27(30-25)35-14-23(32)29-18-9-7-17(28)8-10-18/h4-11,15,21H,12-14H2,1-3H3,(H,29,32). The van der Waals surface area contributed by atoms with Crippen molar-refractivity contribution < 1.29 is 9.53 Å². The van der Waals surface area contributed by atoms with Crippen LogP contribution in [0.1, 0.15) is 29.9 Å². The molecule has 3 heterocycles. The van der Waals surface area contributed by atoms with Crippen LogP contribution in [0.15, 0.2) is 63.0 Å². The number of benzene rings is 2. The van der Waals surface area contributed by atoms with E-state index in [4.69, 9.17) is 9.72 Å². The topological polar surface area (TPSA) is 73.2 Å². The van der Waals surface area contributed by atoms with E-state index < -0.39 is 0 Å². The fraction of sp³-hybridized carbons (Fsp3) is 0.296. The van der Waals surface area contributed by atoms with Gasteiger partial charge in [-0.05, 0) is 60.4 Å². The number of anilines is 1. The molecule has 2 aromatic carbocycles. The number of fused-ring (bicyclic) bond motifs is 3. The van der Waals surface area contributed by atoms with Crippen LogP contribution < -0.4 is 10.9 Å². The Bertz CT molecular complexity index is 1490. The van der Waals surface area contributed by atoms with Gasteiger partial charge in [0.05, 0.1) is 29.5 Å². The summed E-state index contributed by atoms with van der Waals surface area (Å²) in [4.78, 5) is 33.4. The first-order valence-corrected chi connectivity index (χ1v) is 14.3. The van der Waals surface area contributed by atoms with Gasteiger partial charge in [-0.3, -0.25) is 14.2 Å². The average molecular weight is 585 g/mol. The van der Waals surface area contributed by atoms with Crippen molar-refractivity contribution in [1.82, 2.24) is 9.55 Å². The zero-order chi connectivity index (χ0) is 25.4. The number of hydrogen-bond donors (Lipinski definition) is 1. The first-order chi connectivity index (χ1) is 17.3. The first kappa shape index (κ1) is 25.2. The normalized spacial score (nSPS) is 15.3. The smallest absolute Gasteiger partial charge is 0.267 e. The van der Waals surface area contributed by atoms with Gasteiger partial charge in [0.25, 0.3) is 5.56 Å². The molecule has 0 saturated heterocycles. The number of carbonyl (C=O) groups is 1. The number of amides is 1. The van der Waals surface area contributed by atoms with Crippen molar-refractivity contribution in [2.75, 3.05) is 11.1 Å². The van der Waals surface area contributed by atoms with Crippen LogP contribution in [-0.4, -0.2) is 27.3 Å². The Labute approximate surface area is 226 Å². The lowest BCUT2D eigenvalue weighted by atomic mass is 9.96. The van der Waals surface area contributed by atoms with Gasteiger partial charge in [0, 0.05) is 21.5 Å². The van der Waals surface area contributed by atoms with Gasteiger partial charge in [0.2, 0.25) is 5.91 Å². The van der Waals surface area contributed by atoms with Crippen molar-refractivity contribution in [2.24, 2.45) is 5.92 Å². The number of thiophene rings is 1. The molecule has 2 aromatic heterocycles. The number of ether oxygens (including phenoxy) is 1. The van der Waals surface area contributed by atoms with Gasteiger partial charge >= 0.3 is 0 Å². The molecule has 1 unspecified atom stereocenters. The summed E-state index contributed by atoms with van der Waals surface area (Å²) >= 11 is 6.19. The summed E-state index contributed by atoms with van der Waals surface area (Å²) in [5.74, 6) is 0.328. The molecule has 0 spiro atoms. The van der Waals surface area contributed by atoms with Crippen molar-refractivity contribution >= 4 is 60.8 Å². The van der Waals surface area contributed by atoms with Crippen molar-refractivity contribution in [2.45, 2.75) is 45.1 Å². The van der Waals surface area contributed by atoms with Gasteiger partial charge < -0.3 is 10.1 Å². The second kappa shape index (κ2) is 10.5. The predicted molar refractivity (Wildman–Crippen MR) is 151 cm³/mol. The second-order valence-electron chi connectivity index (χ2n) is 9.20. The van der Waals surface area contributed by atoms with Gasteiger partial charge in [0.1, 0.15) is 4.83 Å². The van der Waals surface area contributed by atoms with Crippen LogP contribution in [0.5, 0.6) is 0 Å². The zero-order valence-electron chi connectivity index (χ0n) is 20.2. The number of halogens is 1. The Kier molecular flexibility index (Phi) is 7.35. The molecule has 9 heteroatoms. The maximum atomic E-state index is 14.0. The van der Waals surface area contributed by atoms with E-state index in [1.807, 2.05) is 55.5 Å². The number of nitrogens with one attached hydrogen (secondary N) is 1. The van der Waals surface area contributed by atoms with Crippen molar-refractivity contribution in [3.8, 4) is 5.69 Å². The molecule has 0 bridgehead atoms. The van der Waals surface area contributed by atoms with Crippen LogP contribution in [0.3, 0.4) is 0 Å². The van der Waals surface area contributed by atoms with E-state index in [-0.39, 0.29) is 23.3 Å².